The zero-order valence-electron chi connectivity index (χ0n) is 11.7. The molecule has 1 rings (SSSR count). The van der Waals surface area contributed by atoms with Crippen LogP contribution in [0.15, 0.2) is 6.20 Å². The molecule has 0 aliphatic rings. The summed E-state index contributed by atoms with van der Waals surface area (Å²) in [5, 5.41) is 7.18. The van der Waals surface area contributed by atoms with Gasteiger partial charge < -0.3 is 10.1 Å². The molecule has 0 bridgehead atoms. The minimum absolute atomic E-state index is 0.110. The average molecular weight is 253 g/mol. The smallest absolute Gasteiger partial charge is 0.254 e. The second-order valence-electron chi connectivity index (χ2n) is 4.37. The number of amides is 1. The number of carbonyl (C=O) groups is 1. The quantitative estimate of drug-likeness (QED) is 0.811. The highest BCUT2D eigenvalue weighted by Crippen LogP contribution is 2.15. The van der Waals surface area contributed by atoms with E-state index in [1.807, 2.05) is 18.5 Å². The lowest BCUT2D eigenvalue weighted by Crippen LogP contribution is -2.30. The van der Waals surface area contributed by atoms with E-state index in [-0.39, 0.29) is 5.91 Å². The van der Waals surface area contributed by atoms with Gasteiger partial charge in [-0.2, -0.15) is 5.10 Å². The number of nitrogens with zero attached hydrogens (tertiary/aromatic N) is 2. The summed E-state index contributed by atoms with van der Waals surface area (Å²) in [6, 6.07) is 0. The molecule has 0 aliphatic carbocycles. The third-order valence-corrected chi connectivity index (χ3v) is 2.94. The van der Waals surface area contributed by atoms with E-state index in [4.69, 9.17) is 4.74 Å². The molecular formula is C13H23N3O2. The van der Waals surface area contributed by atoms with Crippen LogP contribution in [-0.2, 0) is 16.1 Å². The number of hydrogen-bond acceptors (Lipinski definition) is 3. The van der Waals surface area contributed by atoms with Gasteiger partial charge in [0, 0.05) is 19.2 Å². The Balaban J connectivity index is 2.76. The fourth-order valence-electron chi connectivity index (χ4n) is 1.78. The first kappa shape index (κ1) is 14.7. The van der Waals surface area contributed by atoms with Crippen molar-refractivity contribution in [3.63, 3.8) is 0 Å². The van der Waals surface area contributed by atoms with Crippen LogP contribution in [0, 0.1) is 6.92 Å². The van der Waals surface area contributed by atoms with Gasteiger partial charge in [-0.05, 0) is 19.8 Å². The molecule has 0 aliphatic heterocycles. The summed E-state index contributed by atoms with van der Waals surface area (Å²) in [7, 11) is 1.55. The van der Waals surface area contributed by atoms with Crippen molar-refractivity contribution in [3.05, 3.63) is 11.8 Å². The van der Waals surface area contributed by atoms with Crippen LogP contribution in [-0.4, -0.2) is 28.9 Å². The Hall–Kier alpha value is -1.36. The van der Waals surface area contributed by atoms with Gasteiger partial charge in [0.25, 0.3) is 5.91 Å². The fraction of sp³-hybridized carbons (Fsp3) is 0.692. The van der Waals surface area contributed by atoms with Gasteiger partial charge in [-0.1, -0.05) is 20.3 Å². The Labute approximate surface area is 109 Å². The van der Waals surface area contributed by atoms with Crippen molar-refractivity contribution in [2.24, 2.45) is 0 Å². The maximum absolute atomic E-state index is 12.0. The molecule has 1 atom stereocenters. The molecule has 0 saturated carbocycles. The van der Waals surface area contributed by atoms with Crippen LogP contribution in [0.3, 0.4) is 0 Å². The molecule has 1 aromatic heterocycles. The molecule has 1 aromatic rings. The summed E-state index contributed by atoms with van der Waals surface area (Å²) in [5.74, 6) is 0.672. The predicted molar refractivity (Wildman–Crippen MR) is 71.6 cm³/mol. The number of rotatable bonds is 7. The lowest BCUT2D eigenvalue weighted by molar-refractivity contribution is -0.125. The number of anilines is 1. The predicted octanol–water partition coefficient (Wildman–Crippen LogP) is 2.36. The van der Waals surface area contributed by atoms with Crippen molar-refractivity contribution < 1.29 is 9.53 Å². The Morgan fingerprint density at radius 2 is 2.28 bits per heavy atom. The van der Waals surface area contributed by atoms with E-state index < -0.39 is 6.10 Å². The van der Waals surface area contributed by atoms with Gasteiger partial charge in [-0.25, -0.2) is 4.68 Å². The van der Waals surface area contributed by atoms with Crippen LogP contribution in [0.4, 0.5) is 5.82 Å². The highest BCUT2D eigenvalue weighted by atomic mass is 16.5. The zero-order valence-corrected chi connectivity index (χ0v) is 11.7. The van der Waals surface area contributed by atoms with Crippen LogP contribution in [0.5, 0.6) is 0 Å². The van der Waals surface area contributed by atoms with Crippen molar-refractivity contribution in [1.29, 1.82) is 0 Å². The number of unbranched alkanes of at least 4 members (excludes halogenated alkanes) is 1. The van der Waals surface area contributed by atoms with Crippen LogP contribution < -0.4 is 5.32 Å². The van der Waals surface area contributed by atoms with E-state index in [0.717, 1.165) is 30.8 Å². The first-order chi connectivity index (χ1) is 8.63. The van der Waals surface area contributed by atoms with Crippen LogP contribution in [0.2, 0.25) is 0 Å². The third kappa shape index (κ3) is 3.57. The summed E-state index contributed by atoms with van der Waals surface area (Å²) in [5.41, 5.74) is 0.977. The second-order valence-corrected chi connectivity index (χ2v) is 4.37. The number of nitrogens with one attached hydrogen (secondary N) is 1. The van der Waals surface area contributed by atoms with Gasteiger partial charge in [0.1, 0.15) is 11.9 Å². The number of carbonyl (C=O) groups excluding carboxylic acids is 1. The van der Waals surface area contributed by atoms with Crippen LogP contribution in [0.1, 0.15) is 38.7 Å². The summed E-state index contributed by atoms with van der Waals surface area (Å²) in [6.07, 6.45) is 4.18. The number of hydrogen-bond donors (Lipinski definition) is 1. The number of aromatic nitrogens is 2. The molecule has 1 amide bonds. The van der Waals surface area contributed by atoms with Crippen molar-refractivity contribution >= 4 is 11.7 Å². The summed E-state index contributed by atoms with van der Waals surface area (Å²) in [4.78, 5) is 12.0. The molecule has 102 valence electrons. The lowest BCUT2D eigenvalue weighted by Gasteiger charge is -2.15. The van der Waals surface area contributed by atoms with Crippen molar-refractivity contribution in [1.82, 2.24) is 9.78 Å². The number of aryl methyl sites for hydroxylation is 2. The molecule has 1 heterocycles. The Morgan fingerprint density at radius 1 is 1.56 bits per heavy atom. The summed E-state index contributed by atoms with van der Waals surface area (Å²) in [6.45, 7) is 6.82. The van der Waals surface area contributed by atoms with Crippen molar-refractivity contribution in [2.75, 3.05) is 12.4 Å². The SMILES string of the molecule is CCCCn1ncc(C)c1NC(=O)C(CC)OC. The Morgan fingerprint density at radius 3 is 2.83 bits per heavy atom. The topological polar surface area (TPSA) is 56.2 Å². The van der Waals surface area contributed by atoms with Crippen LogP contribution >= 0.6 is 0 Å². The van der Waals surface area contributed by atoms with E-state index in [9.17, 15) is 4.79 Å². The van der Waals surface area contributed by atoms with Crippen LogP contribution in [0.25, 0.3) is 0 Å². The highest BCUT2D eigenvalue weighted by Gasteiger charge is 2.18. The highest BCUT2D eigenvalue weighted by molar-refractivity contribution is 5.93. The maximum Gasteiger partial charge on any atom is 0.254 e. The van der Waals surface area contributed by atoms with Gasteiger partial charge in [0.05, 0.1) is 6.20 Å². The molecule has 0 radical (unpaired) electrons. The normalized spacial score (nSPS) is 12.4. The molecular weight excluding hydrogens is 230 g/mol. The van der Waals surface area contributed by atoms with E-state index in [1.54, 1.807) is 13.3 Å². The molecule has 5 heteroatoms. The van der Waals surface area contributed by atoms with Gasteiger partial charge in [0.15, 0.2) is 0 Å². The second kappa shape index (κ2) is 7.16. The fourth-order valence-corrected chi connectivity index (χ4v) is 1.78. The minimum atomic E-state index is -0.404. The standard InChI is InChI=1S/C13H23N3O2/c1-5-7-8-16-12(10(3)9-14-16)15-13(17)11(6-2)18-4/h9,11H,5-8H2,1-4H3,(H,15,17). The zero-order chi connectivity index (χ0) is 13.5. The largest absolute Gasteiger partial charge is 0.372 e. The third-order valence-electron chi connectivity index (χ3n) is 2.94. The molecule has 0 spiro atoms. The first-order valence-corrected chi connectivity index (χ1v) is 6.50. The summed E-state index contributed by atoms with van der Waals surface area (Å²) >= 11 is 0. The van der Waals surface area contributed by atoms with Gasteiger partial charge >= 0.3 is 0 Å². The molecule has 18 heavy (non-hydrogen) atoms. The van der Waals surface area contributed by atoms with Gasteiger partial charge in [-0.3, -0.25) is 4.79 Å². The Bertz CT molecular complexity index is 384. The van der Waals surface area contributed by atoms with Gasteiger partial charge in [-0.15, -0.1) is 0 Å². The molecule has 0 fully saturated rings. The minimum Gasteiger partial charge on any atom is -0.372 e. The van der Waals surface area contributed by atoms with E-state index >= 15 is 0 Å². The van der Waals surface area contributed by atoms with E-state index in [2.05, 4.69) is 17.3 Å². The van der Waals surface area contributed by atoms with E-state index in [1.165, 1.54) is 0 Å². The molecule has 1 N–H and O–H groups in total. The first-order valence-electron chi connectivity index (χ1n) is 6.50. The molecule has 0 aromatic carbocycles. The average Bonchev–Trinajstić information content (AvgIpc) is 2.70. The van der Waals surface area contributed by atoms with Gasteiger partial charge in [0.2, 0.25) is 0 Å². The number of methoxy groups -OCH3 is 1. The van der Waals surface area contributed by atoms with Crippen molar-refractivity contribution in [2.45, 2.75) is 52.7 Å². The molecule has 0 saturated heterocycles. The maximum atomic E-state index is 12.0. The monoisotopic (exact) mass is 253 g/mol. The Kier molecular flexibility index (Phi) is 5.85. The lowest BCUT2D eigenvalue weighted by atomic mass is 10.2. The summed E-state index contributed by atoms with van der Waals surface area (Å²) < 4.78 is 6.98. The number of ether oxygens (including phenoxy) is 1. The molecule has 5 nitrogen and oxygen atoms in total. The van der Waals surface area contributed by atoms with Crippen molar-refractivity contribution in [3.8, 4) is 0 Å². The molecule has 1 unspecified atom stereocenters. The van der Waals surface area contributed by atoms with E-state index in [0.29, 0.717) is 6.42 Å².